The molecule has 4 rings (SSSR count). The summed E-state index contributed by atoms with van der Waals surface area (Å²) in [5, 5.41) is 18.8. The number of aromatic nitrogens is 4. The summed E-state index contributed by atoms with van der Waals surface area (Å²) in [6.45, 7) is 10.7. The number of H-pyrrole nitrogens is 2. The Bertz CT molecular complexity index is 1690. The van der Waals surface area contributed by atoms with Crippen LogP contribution < -0.4 is 22.5 Å². The molecule has 0 bridgehead atoms. The maximum atomic E-state index is 14.6. The Morgan fingerprint density at radius 1 is 0.720 bits per heavy atom. The van der Waals surface area contributed by atoms with E-state index in [0.717, 1.165) is 12.4 Å². The Kier molecular flexibility index (Phi) is 11.2. The van der Waals surface area contributed by atoms with E-state index < -0.39 is 108 Å². The van der Waals surface area contributed by atoms with Crippen LogP contribution in [0.15, 0.2) is 31.6 Å². The van der Waals surface area contributed by atoms with Gasteiger partial charge in [-0.25, -0.2) is 36.7 Å². The maximum Gasteiger partial charge on any atom is 0.412 e. The lowest BCUT2D eigenvalue weighted by Crippen LogP contribution is -2.49. The minimum absolute atomic E-state index is 0.0342. The minimum atomic E-state index is -3.50. The van der Waals surface area contributed by atoms with Crippen molar-refractivity contribution in [3.63, 3.8) is 0 Å². The fraction of sp³-hybridized carbons (Fsp3) is 0.667. The number of carbonyl (C=O) groups is 2. The Labute approximate surface area is 282 Å². The molecule has 2 aliphatic rings. The van der Waals surface area contributed by atoms with Gasteiger partial charge in [-0.15, -0.1) is 0 Å². The van der Waals surface area contributed by atoms with Gasteiger partial charge in [0.1, 0.15) is 11.2 Å². The molecule has 20 heteroatoms. The number of rotatable bonds is 4. The van der Waals surface area contributed by atoms with Crippen LogP contribution in [0.4, 0.5) is 27.2 Å². The number of aromatic amines is 2. The second-order valence-corrected chi connectivity index (χ2v) is 14.1. The molecule has 280 valence electrons. The number of aliphatic hydroxyl groups excluding tert-OH is 2. The number of hydrogen-bond donors (Lipinski definition) is 4. The van der Waals surface area contributed by atoms with Crippen LogP contribution in [0.3, 0.4) is 0 Å². The van der Waals surface area contributed by atoms with E-state index in [1.54, 1.807) is 41.5 Å². The molecule has 0 aliphatic carbocycles. The van der Waals surface area contributed by atoms with Gasteiger partial charge in [0.15, 0.2) is 12.3 Å². The van der Waals surface area contributed by atoms with Crippen LogP contribution in [0.1, 0.15) is 77.8 Å². The first-order valence-electron chi connectivity index (χ1n) is 15.4. The third kappa shape index (κ3) is 8.63. The second kappa shape index (κ2) is 14.0. The fourth-order valence-corrected chi connectivity index (χ4v) is 5.48. The topological polar surface area (TPSA) is 209 Å². The Morgan fingerprint density at radius 3 is 1.28 bits per heavy atom. The number of aryl methyl sites for hydroxylation is 2. The van der Waals surface area contributed by atoms with Crippen LogP contribution >= 0.6 is 0 Å². The highest BCUT2D eigenvalue weighted by atomic mass is 19.3. The summed E-state index contributed by atoms with van der Waals surface area (Å²) >= 11 is 0. The summed E-state index contributed by atoms with van der Waals surface area (Å²) < 4.78 is 69.8. The number of nitrogens with zero attached hydrogens (tertiary/aromatic N) is 4. The van der Waals surface area contributed by atoms with Gasteiger partial charge in [0, 0.05) is 36.4 Å². The minimum Gasteiger partial charge on any atom is -0.444 e. The van der Waals surface area contributed by atoms with E-state index in [1.807, 2.05) is 9.97 Å². The standard InChI is InChI=1S/2C15H21F2N3O5/c2*1-8-6-19(12(23)18-10(8)22)11-15(16,17)5-9(7-21)20(11)13(24)25-14(2,3)4/h2*6,9,11,21H,5,7H2,1-4H3,(H,18,22,23)/t9-,11+;9-,11-/m00/s1. The van der Waals surface area contributed by atoms with Crippen molar-refractivity contribution in [1.82, 2.24) is 28.9 Å². The summed E-state index contributed by atoms with van der Waals surface area (Å²) in [7, 11) is 0. The van der Waals surface area contributed by atoms with Crippen LogP contribution in [-0.4, -0.2) is 99.6 Å². The lowest BCUT2D eigenvalue weighted by molar-refractivity contribution is -0.0710. The van der Waals surface area contributed by atoms with Gasteiger partial charge in [-0.1, -0.05) is 0 Å². The van der Waals surface area contributed by atoms with Gasteiger partial charge in [-0.3, -0.25) is 38.5 Å². The Hall–Kier alpha value is -4.46. The molecular weight excluding hydrogens is 680 g/mol. The zero-order chi connectivity index (χ0) is 38.3. The zero-order valence-electron chi connectivity index (χ0n) is 28.8. The van der Waals surface area contributed by atoms with E-state index >= 15 is 0 Å². The van der Waals surface area contributed by atoms with Gasteiger partial charge >= 0.3 is 23.6 Å². The highest BCUT2D eigenvalue weighted by Gasteiger charge is 2.59. The molecule has 2 amide bonds. The van der Waals surface area contributed by atoms with E-state index in [9.17, 15) is 56.5 Å². The highest BCUT2D eigenvalue weighted by molar-refractivity contribution is 5.70. The Morgan fingerprint density at radius 2 is 1.02 bits per heavy atom. The lowest BCUT2D eigenvalue weighted by atomic mass is 10.2. The average Bonchev–Trinajstić information content (AvgIpc) is 3.39. The third-order valence-corrected chi connectivity index (χ3v) is 7.53. The largest absolute Gasteiger partial charge is 0.444 e. The van der Waals surface area contributed by atoms with Crippen molar-refractivity contribution in [2.45, 2.75) is 116 Å². The summed E-state index contributed by atoms with van der Waals surface area (Å²) in [4.78, 5) is 77.1. The van der Waals surface area contributed by atoms with Gasteiger partial charge < -0.3 is 19.7 Å². The van der Waals surface area contributed by atoms with E-state index in [1.165, 1.54) is 13.8 Å². The SMILES string of the molecule is Cc1cn([C@@H]2N(C(=O)OC(C)(C)C)[C@H](CO)CC2(F)F)c(=O)[nH]c1=O.Cc1cn([C@H]2N(C(=O)OC(C)(C)C)[C@H](CO)CC2(F)F)c(=O)[nH]c1=O. The number of alkyl halides is 4. The summed E-state index contributed by atoms with van der Waals surface area (Å²) in [6.07, 6.45) is -5.91. The first-order valence-corrected chi connectivity index (χ1v) is 15.4. The molecule has 2 fully saturated rings. The summed E-state index contributed by atoms with van der Waals surface area (Å²) in [5.41, 5.74) is -5.40. The van der Waals surface area contributed by atoms with Gasteiger partial charge in [-0.05, 0) is 55.4 Å². The average molecular weight is 723 g/mol. The number of hydrogen-bond acceptors (Lipinski definition) is 10. The monoisotopic (exact) mass is 722 g/mol. The molecule has 0 spiro atoms. The van der Waals surface area contributed by atoms with Crippen LogP contribution in [0.2, 0.25) is 0 Å². The quantitative estimate of drug-likeness (QED) is 0.337. The van der Waals surface area contributed by atoms with Crippen molar-refractivity contribution in [2.75, 3.05) is 13.2 Å². The predicted molar refractivity (Wildman–Crippen MR) is 167 cm³/mol. The molecular formula is C30H42F4N6O10. The molecule has 0 radical (unpaired) electrons. The van der Waals surface area contributed by atoms with Gasteiger partial charge in [0.05, 0.1) is 25.3 Å². The molecule has 16 nitrogen and oxygen atoms in total. The van der Waals surface area contributed by atoms with Crippen molar-refractivity contribution in [3.05, 3.63) is 65.2 Å². The molecule has 2 aromatic rings. The molecule has 0 aromatic carbocycles. The molecule has 2 aromatic heterocycles. The zero-order valence-corrected chi connectivity index (χ0v) is 28.8. The first-order chi connectivity index (χ1) is 22.7. The number of aliphatic hydroxyl groups is 2. The number of carbonyl (C=O) groups excluding carboxylic acids is 2. The van der Waals surface area contributed by atoms with E-state index in [-0.39, 0.29) is 11.1 Å². The molecule has 2 saturated heterocycles. The van der Waals surface area contributed by atoms with Crippen molar-refractivity contribution in [1.29, 1.82) is 0 Å². The van der Waals surface area contributed by atoms with Crippen molar-refractivity contribution < 1.29 is 46.8 Å². The smallest absolute Gasteiger partial charge is 0.412 e. The molecule has 0 unspecified atom stereocenters. The fourth-order valence-electron chi connectivity index (χ4n) is 5.48. The number of nitrogens with one attached hydrogen (secondary N) is 2. The van der Waals surface area contributed by atoms with Crippen LogP contribution in [0, 0.1) is 13.8 Å². The number of amides is 2. The molecule has 0 saturated carbocycles. The summed E-state index contributed by atoms with van der Waals surface area (Å²) in [6, 6.07) is -2.46. The van der Waals surface area contributed by atoms with E-state index in [4.69, 9.17) is 9.47 Å². The number of halogens is 4. The molecule has 50 heavy (non-hydrogen) atoms. The van der Waals surface area contributed by atoms with Gasteiger partial charge in [-0.2, -0.15) is 0 Å². The van der Waals surface area contributed by atoms with Crippen LogP contribution in [-0.2, 0) is 9.47 Å². The molecule has 4 atom stereocenters. The van der Waals surface area contributed by atoms with Crippen molar-refractivity contribution in [2.24, 2.45) is 0 Å². The van der Waals surface area contributed by atoms with Gasteiger partial charge in [0.25, 0.3) is 23.0 Å². The second-order valence-electron chi connectivity index (χ2n) is 14.1. The Balaban J connectivity index is 0.000000270. The molecule has 4 heterocycles. The summed E-state index contributed by atoms with van der Waals surface area (Å²) in [5.74, 6) is -7.00. The molecule has 2 aliphatic heterocycles. The van der Waals surface area contributed by atoms with Crippen molar-refractivity contribution >= 4 is 12.2 Å². The normalized spacial score (nSPS) is 22.9. The van der Waals surface area contributed by atoms with E-state index in [0.29, 0.717) is 18.9 Å². The van der Waals surface area contributed by atoms with E-state index in [2.05, 4.69) is 0 Å². The number of ether oxygens (including phenoxy) is 2. The van der Waals surface area contributed by atoms with Crippen LogP contribution in [0.25, 0.3) is 0 Å². The maximum absolute atomic E-state index is 14.6. The van der Waals surface area contributed by atoms with Crippen molar-refractivity contribution in [3.8, 4) is 0 Å². The lowest BCUT2D eigenvalue weighted by Gasteiger charge is -2.33. The molecule has 4 N–H and O–H groups in total. The highest BCUT2D eigenvalue weighted by Crippen LogP contribution is 2.46. The first kappa shape index (κ1) is 40.0. The van der Waals surface area contributed by atoms with Gasteiger partial charge in [0.2, 0.25) is 0 Å². The third-order valence-electron chi connectivity index (χ3n) is 7.53. The number of likely N-dealkylation sites (tertiary alicyclic amines) is 2. The van der Waals surface area contributed by atoms with Crippen LogP contribution in [0.5, 0.6) is 0 Å². The predicted octanol–water partition coefficient (Wildman–Crippen LogP) is 1.96.